The average Bonchev–Trinajstić information content (AvgIpc) is 2.15. The highest BCUT2D eigenvalue weighted by atomic mass is 16.3. The molecule has 3 heteroatoms. The molecule has 0 aromatic heterocycles. The molecule has 1 unspecified atom stereocenters. The Morgan fingerprint density at radius 3 is 2.67 bits per heavy atom. The van der Waals surface area contributed by atoms with Crippen molar-refractivity contribution in [3.63, 3.8) is 0 Å². The Morgan fingerprint density at radius 2 is 2.44 bits per heavy atom. The van der Waals surface area contributed by atoms with E-state index in [2.05, 4.69) is 0 Å². The maximum atomic E-state index is 10.7. The molecule has 3 nitrogen and oxygen atoms in total. The summed E-state index contributed by atoms with van der Waals surface area (Å²) in [5.74, 6) is 0.107. The van der Waals surface area contributed by atoms with Gasteiger partial charge in [0.1, 0.15) is 6.61 Å². The monoisotopic (exact) mass is 128 g/mol. The van der Waals surface area contributed by atoms with Gasteiger partial charge in [-0.3, -0.25) is 4.79 Å². The second-order valence-electron chi connectivity index (χ2n) is 2.36. The quantitative estimate of drug-likeness (QED) is 0.491. The second kappa shape index (κ2) is 2.35. The molecule has 1 rings (SSSR count). The van der Waals surface area contributed by atoms with E-state index in [4.69, 9.17) is 0 Å². The van der Waals surface area contributed by atoms with Crippen LogP contribution in [0.4, 0.5) is 0 Å². The summed E-state index contributed by atoms with van der Waals surface area (Å²) in [4.78, 5) is 12.3. The van der Waals surface area contributed by atoms with Crippen LogP contribution in [0.3, 0.4) is 0 Å². The Balaban J connectivity index is 2.51. The van der Waals surface area contributed by atoms with Gasteiger partial charge in [-0.2, -0.15) is 0 Å². The van der Waals surface area contributed by atoms with Gasteiger partial charge in [0.05, 0.1) is 6.04 Å². The van der Waals surface area contributed by atoms with Gasteiger partial charge in [0.25, 0.3) is 0 Å². The fourth-order valence-corrected chi connectivity index (χ4v) is 1.06. The summed E-state index contributed by atoms with van der Waals surface area (Å²) in [5.41, 5.74) is 0. The van der Waals surface area contributed by atoms with E-state index >= 15 is 0 Å². The van der Waals surface area contributed by atoms with Crippen molar-refractivity contribution in [1.29, 1.82) is 0 Å². The smallest absolute Gasteiger partial charge is 0.222 e. The third-order valence-corrected chi connectivity index (χ3v) is 1.82. The van der Waals surface area contributed by atoms with E-state index in [-0.39, 0.29) is 18.6 Å². The molecule has 1 saturated heterocycles. The van der Waals surface area contributed by atoms with Crippen molar-refractivity contribution < 1.29 is 9.90 Å². The molecule has 1 radical (unpaired) electrons. The highest BCUT2D eigenvalue weighted by molar-refractivity contribution is 5.78. The molecule has 9 heavy (non-hydrogen) atoms. The van der Waals surface area contributed by atoms with Gasteiger partial charge in [-0.15, -0.1) is 0 Å². The molecular weight excluding hydrogens is 118 g/mol. The molecule has 0 saturated carbocycles. The van der Waals surface area contributed by atoms with E-state index in [1.807, 2.05) is 0 Å². The van der Waals surface area contributed by atoms with E-state index in [0.717, 1.165) is 6.42 Å². The standard InChI is InChI=1S/C6H10NO2/c1-7-5(4-8)2-3-6(7)9/h5H,2-4H2,1H3. The highest BCUT2D eigenvalue weighted by Gasteiger charge is 2.26. The van der Waals surface area contributed by atoms with Crippen molar-refractivity contribution in [2.24, 2.45) is 0 Å². The Hall–Kier alpha value is -0.570. The molecule has 1 aliphatic heterocycles. The van der Waals surface area contributed by atoms with Gasteiger partial charge in [-0.1, -0.05) is 0 Å². The Kier molecular flexibility index (Phi) is 1.71. The molecule has 51 valence electrons. The zero-order valence-corrected chi connectivity index (χ0v) is 5.46. The third-order valence-electron chi connectivity index (χ3n) is 1.82. The van der Waals surface area contributed by atoms with E-state index in [1.54, 1.807) is 11.9 Å². The number of hydrogen-bond donors (Lipinski definition) is 0. The van der Waals surface area contributed by atoms with Crippen molar-refractivity contribution in [1.82, 2.24) is 4.90 Å². The van der Waals surface area contributed by atoms with E-state index < -0.39 is 0 Å². The number of rotatable bonds is 1. The van der Waals surface area contributed by atoms with Gasteiger partial charge in [0.15, 0.2) is 0 Å². The molecule has 0 spiro atoms. The maximum Gasteiger partial charge on any atom is 0.222 e. The van der Waals surface area contributed by atoms with E-state index in [0.29, 0.717) is 6.42 Å². The zero-order chi connectivity index (χ0) is 6.85. The molecule has 1 atom stereocenters. The largest absolute Gasteiger partial charge is 0.340 e. The number of nitrogens with zero attached hydrogens (tertiary/aromatic N) is 1. The van der Waals surface area contributed by atoms with Gasteiger partial charge in [0, 0.05) is 13.5 Å². The van der Waals surface area contributed by atoms with Crippen LogP contribution in [0.15, 0.2) is 0 Å². The minimum Gasteiger partial charge on any atom is -0.340 e. The van der Waals surface area contributed by atoms with Gasteiger partial charge < -0.3 is 4.90 Å². The number of hydrogen-bond acceptors (Lipinski definition) is 1. The first kappa shape index (κ1) is 6.55. The predicted molar refractivity (Wildman–Crippen MR) is 31.3 cm³/mol. The van der Waals surface area contributed by atoms with Crippen molar-refractivity contribution in [3.05, 3.63) is 0 Å². The van der Waals surface area contributed by atoms with Crippen LogP contribution in [-0.4, -0.2) is 30.5 Å². The van der Waals surface area contributed by atoms with Gasteiger partial charge >= 0.3 is 0 Å². The van der Waals surface area contributed by atoms with Gasteiger partial charge in [-0.05, 0) is 6.42 Å². The van der Waals surface area contributed by atoms with Crippen LogP contribution in [-0.2, 0) is 9.90 Å². The second-order valence-corrected chi connectivity index (χ2v) is 2.36. The number of carbonyl (C=O) groups excluding carboxylic acids is 1. The van der Waals surface area contributed by atoms with Gasteiger partial charge in [-0.25, -0.2) is 5.11 Å². The fourth-order valence-electron chi connectivity index (χ4n) is 1.06. The molecule has 0 aromatic rings. The van der Waals surface area contributed by atoms with Crippen LogP contribution in [0, 0.1) is 0 Å². The Morgan fingerprint density at radius 1 is 1.78 bits per heavy atom. The average molecular weight is 128 g/mol. The predicted octanol–water partition coefficient (Wildman–Crippen LogP) is 0.0377. The molecule has 0 bridgehead atoms. The lowest BCUT2D eigenvalue weighted by Gasteiger charge is -2.15. The van der Waals surface area contributed by atoms with Crippen LogP contribution in [0.5, 0.6) is 0 Å². The van der Waals surface area contributed by atoms with Crippen LogP contribution in [0.25, 0.3) is 0 Å². The molecule has 0 aliphatic carbocycles. The third kappa shape index (κ3) is 1.05. The lowest BCUT2D eigenvalue weighted by Crippen LogP contribution is -2.30. The number of likely N-dealkylation sites (tertiary alicyclic amines) is 1. The lowest BCUT2D eigenvalue weighted by atomic mass is 10.2. The Bertz CT molecular complexity index is 124. The Labute approximate surface area is 54.3 Å². The van der Waals surface area contributed by atoms with Gasteiger partial charge in [0.2, 0.25) is 5.91 Å². The summed E-state index contributed by atoms with van der Waals surface area (Å²) < 4.78 is 0. The zero-order valence-electron chi connectivity index (χ0n) is 5.46. The van der Waals surface area contributed by atoms with Crippen molar-refractivity contribution >= 4 is 5.91 Å². The van der Waals surface area contributed by atoms with Crippen LogP contribution in [0.2, 0.25) is 0 Å². The first-order valence-electron chi connectivity index (χ1n) is 3.09. The number of carbonyl (C=O) groups is 1. The maximum absolute atomic E-state index is 10.7. The lowest BCUT2D eigenvalue weighted by molar-refractivity contribution is -0.128. The van der Waals surface area contributed by atoms with Crippen LogP contribution >= 0.6 is 0 Å². The van der Waals surface area contributed by atoms with Crippen LogP contribution in [0.1, 0.15) is 12.8 Å². The fraction of sp³-hybridized carbons (Fsp3) is 0.833. The van der Waals surface area contributed by atoms with Crippen molar-refractivity contribution in [2.75, 3.05) is 13.7 Å². The summed E-state index contributed by atoms with van der Waals surface area (Å²) in [6.45, 7) is -0.151. The first-order valence-corrected chi connectivity index (χ1v) is 3.09. The van der Waals surface area contributed by atoms with Crippen molar-refractivity contribution in [2.45, 2.75) is 18.9 Å². The molecule has 1 aliphatic rings. The van der Waals surface area contributed by atoms with E-state index in [1.165, 1.54) is 0 Å². The topological polar surface area (TPSA) is 40.2 Å². The van der Waals surface area contributed by atoms with E-state index in [9.17, 15) is 9.90 Å². The molecule has 1 amide bonds. The first-order chi connectivity index (χ1) is 4.25. The normalized spacial score (nSPS) is 27.6. The van der Waals surface area contributed by atoms with Crippen LogP contribution < -0.4 is 0 Å². The number of amides is 1. The molecule has 1 fully saturated rings. The summed E-state index contributed by atoms with van der Waals surface area (Å²) in [7, 11) is 1.69. The molecular formula is C6H10NO2. The summed E-state index contributed by atoms with van der Waals surface area (Å²) in [6, 6.07) is -0.0301. The molecule has 1 heterocycles. The minimum absolute atomic E-state index is 0.0301. The highest BCUT2D eigenvalue weighted by Crippen LogP contribution is 2.14. The summed E-state index contributed by atoms with van der Waals surface area (Å²) in [5, 5.41) is 10.3. The molecule has 0 N–H and O–H groups in total. The number of likely N-dealkylation sites (N-methyl/N-ethyl adjacent to an activating group) is 1. The SMILES string of the molecule is CN1C(=O)CCC1C[O]. The minimum atomic E-state index is -0.151. The summed E-state index contributed by atoms with van der Waals surface area (Å²) >= 11 is 0. The summed E-state index contributed by atoms with van der Waals surface area (Å²) in [6.07, 6.45) is 1.31. The molecule has 0 aromatic carbocycles. The van der Waals surface area contributed by atoms with Crippen molar-refractivity contribution in [3.8, 4) is 0 Å².